The van der Waals surface area contributed by atoms with Crippen molar-refractivity contribution in [2.24, 2.45) is 0 Å². The molecule has 148 valence electrons. The molecule has 0 bridgehead atoms. The van der Waals surface area contributed by atoms with Crippen LogP contribution in [0.3, 0.4) is 0 Å². The van der Waals surface area contributed by atoms with Crippen molar-refractivity contribution in [2.75, 3.05) is 39.3 Å². The van der Waals surface area contributed by atoms with Gasteiger partial charge in [0, 0.05) is 13.3 Å². The van der Waals surface area contributed by atoms with Gasteiger partial charge in [-0.1, -0.05) is 0 Å². The Labute approximate surface area is 158 Å². The molecule has 4 heterocycles. The molecule has 0 radical (unpaired) electrons. The first-order chi connectivity index (χ1) is 13.5. The van der Waals surface area contributed by atoms with Crippen LogP contribution in [-0.2, 0) is 4.74 Å². The lowest BCUT2D eigenvalue weighted by Crippen LogP contribution is -2.33. The van der Waals surface area contributed by atoms with Gasteiger partial charge in [-0.15, -0.1) is 5.10 Å². The van der Waals surface area contributed by atoms with E-state index in [0.717, 1.165) is 0 Å². The molecule has 3 aromatic heterocycles. The van der Waals surface area contributed by atoms with E-state index >= 15 is 0 Å². The summed E-state index contributed by atoms with van der Waals surface area (Å²) in [4.78, 5) is 18.0. The molecule has 0 aliphatic carbocycles. The molecule has 28 heavy (non-hydrogen) atoms. The number of rotatable bonds is 5. The van der Waals surface area contributed by atoms with E-state index < -0.39 is 18.6 Å². The highest BCUT2D eigenvalue weighted by molar-refractivity contribution is 5.87. The van der Waals surface area contributed by atoms with Crippen LogP contribution in [0.25, 0.3) is 16.7 Å². The Hall–Kier alpha value is -3.15. The number of aromatic nitrogens is 6. The summed E-state index contributed by atoms with van der Waals surface area (Å²) in [5, 5.41) is 4.88. The molecule has 1 atom stereocenters. The quantitative estimate of drug-likeness (QED) is 0.630. The maximum Gasteiger partial charge on any atom is 0.319 e. The summed E-state index contributed by atoms with van der Waals surface area (Å²) in [6, 6.07) is 0.141. The minimum atomic E-state index is -2.98. The number of anilines is 1. The van der Waals surface area contributed by atoms with Crippen molar-refractivity contribution in [1.29, 1.82) is 0 Å². The van der Waals surface area contributed by atoms with Crippen LogP contribution in [0.15, 0.2) is 18.7 Å². The Bertz CT molecular complexity index is 1010. The Kier molecular flexibility index (Phi) is 4.41. The van der Waals surface area contributed by atoms with Crippen molar-refractivity contribution in [2.45, 2.75) is 12.0 Å². The van der Waals surface area contributed by atoms with Gasteiger partial charge in [0.2, 0.25) is 5.88 Å². The molecule has 4 rings (SSSR count). The molecule has 1 aliphatic rings. The molecular weight excluding hydrogens is 376 g/mol. The van der Waals surface area contributed by atoms with Crippen LogP contribution in [0.1, 0.15) is 0 Å². The Morgan fingerprint density at radius 3 is 2.64 bits per heavy atom. The predicted molar refractivity (Wildman–Crippen MR) is 93.3 cm³/mol. The highest BCUT2D eigenvalue weighted by atomic mass is 19.3. The van der Waals surface area contributed by atoms with Crippen LogP contribution >= 0.6 is 0 Å². The fourth-order valence-electron chi connectivity index (χ4n) is 3.11. The molecule has 0 saturated carbocycles. The third-order valence-electron chi connectivity index (χ3n) is 4.48. The normalized spacial score (nSPS) is 18.6. The Morgan fingerprint density at radius 2 is 1.96 bits per heavy atom. The Morgan fingerprint density at radius 1 is 1.14 bits per heavy atom. The number of halogens is 2. The highest BCUT2D eigenvalue weighted by Gasteiger charge is 2.49. The smallest absolute Gasteiger partial charge is 0.319 e. The summed E-state index contributed by atoms with van der Waals surface area (Å²) in [5.41, 5.74) is 0.779. The molecule has 0 spiro atoms. The van der Waals surface area contributed by atoms with Crippen LogP contribution < -0.4 is 14.4 Å². The second-order valence-corrected chi connectivity index (χ2v) is 6.13. The van der Waals surface area contributed by atoms with E-state index in [4.69, 9.17) is 14.2 Å². The highest BCUT2D eigenvalue weighted by Crippen LogP contribution is 2.35. The minimum Gasteiger partial charge on any atom is -0.479 e. The van der Waals surface area contributed by atoms with Crippen LogP contribution in [0.2, 0.25) is 0 Å². The van der Waals surface area contributed by atoms with Gasteiger partial charge in [0.05, 0.1) is 38.9 Å². The summed E-state index contributed by atoms with van der Waals surface area (Å²) in [6.45, 7) is -0.493. The van der Waals surface area contributed by atoms with Crippen LogP contribution in [0.5, 0.6) is 11.9 Å². The van der Waals surface area contributed by atoms with E-state index in [0.29, 0.717) is 22.5 Å². The maximum absolute atomic E-state index is 14.1. The fraction of sp³-hybridized carbons (Fsp3) is 0.438. The zero-order valence-corrected chi connectivity index (χ0v) is 15.3. The first-order valence-corrected chi connectivity index (χ1v) is 8.28. The topological polar surface area (TPSA) is 100 Å². The summed E-state index contributed by atoms with van der Waals surface area (Å²) < 4.78 is 44.9. The van der Waals surface area contributed by atoms with Gasteiger partial charge in [0.1, 0.15) is 23.9 Å². The lowest BCUT2D eigenvalue weighted by atomic mass is 10.2. The molecule has 1 saturated heterocycles. The van der Waals surface area contributed by atoms with Gasteiger partial charge in [-0.05, 0) is 0 Å². The molecule has 10 nitrogen and oxygen atoms in total. The maximum atomic E-state index is 14.1. The average molecular weight is 393 g/mol. The van der Waals surface area contributed by atoms with E-state index in [1.165, 1.54) is 43.4 Å². The van der Waals surface area contributed by atoms with Gasteiger partial charge < -0.3 is 19.1 Å². The SMILES string of the molecule is COc1ncc(-n2cc3c(N4CC(OC)C(F)(F)C4)ncnc3n2)c(OC)n1. The number of hydrogen-bond donors (Lipinski definition) is 0. The predicted octanol–water partition coefficient (Wildman–Crippen LogP) is 1.09. The number of fused-ring (bicyclic) bond motifs is 1. The first-order valence-electron chi connectivity index (χ1n) is 8.28. The third kappa shape index (κ3) is 2.95. The van der Waals surface area contributed by atoms with Crippen molar-refractivity contribution in [3.63, 3.8) is 0 Å². The molecular formula is C16H17F2N7O3. The van der Waals surface area contributed by atoms with Gasteiger partial charge in [-0.2, -0.15) is 4.98 Å². The molecule has 0 aromatic carbocycles. The summed E-state index contributed by atoms with van der Waals surface area (Å²) >= 11 is 0. The van der Waals surface area contributed by atoms with E-state index in [1.807, 2.05) is 0 Å². The zero-order chi connectivity index (χ0) is 19.9. The molecule has 1 aliphatic heterocycles. The summed E-state index contributed by atoms with van der Waals surface area (Å²) in [7, 11) is 4.17. The molecule has 1 fully saturated rings. The van der Waals surface area contributed by atoms with Gasteiger partial charge in [0.25, 0.3) is 5.92 Å². The first kappa shape index (κ1) is 18.2. The van der Waals surface area contributed by atoms with Crippen LogP contribution in [-0.4, -0.2) is 76.2 Å². The van der Waals surface area contributed by atoms with E-state index in [2.05, 4.69) is 25.0 Å². The number of nitrogens with zero attached hydrogens (tertiary/aromatic N) is 7. The summed E-state index contributed by atoms with van der Waals surface area (Å²) in [5.74, 6) is -2.39. The monoisotopic (exact) mass is 393 g/mol. The number of ether oxygens (including phenoxy) is 3. The van der Waals surface area contributed by atoms with E-state index in [-0.39, 0.29) is 18.4 Å². The number of alkyl halides is 2. The average Bonchev–Trinajstić information content (AvgIpc) is 3.27. The standard InChI is InChI=1S/C16H17F2N7O3/c1-26-11-6-24(7-16(11,17)18)13-9-5-25(23-12(9)20-8-21-13)10-4-19-15(28-3)22-14(10)27-2/h4-5,8,11H,6-7H2,1-3H3. The van der Waals surface area contributed by atoms with Crippen molar-refractivity contribution in [1.82, 2.24) is 29.7 Å². The van der Waals surface area contributed by atoms with Crippen molar-refractivity contribution < 1.29 is 23.0 Å². The van der Waals surface area contributed by atoms with Crippen molar-refractivity contribution in [3.05, 3.63) is 18.7 Å². The second kappa shape index (κ2) is 6.78. The minimum absolute atomic E-state index is 0.00968. The number of hydrogen-bond acceptors (Lipinski definition) is 9. The van der Waals surface area contributed by atoms with Crippen molar-refractivity contribution >= 4 is 16.9 Å². The third-order valence-corrected chi connectivity index (χ3v) is 4.48. The van der Waals surface area contributed by atoms with Gasteiger partial charge in [-0.3, -0.25) is 0 Å². The molecule has 12 heteroatoms. The van der Waals surface area contributed by atoms with Gasteiger partial charge in [-0.25, -0.2) is 28.4 Å². The van der Waals surface area contributed by atoms with Gasteiger partial charge in [0.15, 0.2) is 5.65 Å². The molecule has 0 N–H and O–H groups in total. The van der Waals surface area contributed by atoms with Crippen molar-refractivity contribution in [3.8, 4) is 17.6 Å². The number of methoxy groups -OCH3 is 3. The molecule has 1 unspecified atom stereocenters. The van der Waals surface area contributed by atoms with E-state index in [9.17, 15) is 8.78 Å². The Balaban J connectivity index is 1.77. The van der Waals surface area contributed by atoms with Gasteiger partial charge >= 0.3 is 6.01 Å². The fourth-order valence-corrected chi connectivity index (χ4v) is 3.11. The lowest BCUT2D eigenvalue weighted by Gasteiger charge is -2.16. The molecule has 0 amide bonds. The lowest BCUT2D eigenvalue weighted by molar-refractivity contribution is -0.0889. The second-order valence-electron chi connectivity index (χ2n) is 6.13. The molecule has 3 aromatic rings. The van der Waals surface area contributed by atoms with Crippen LogP contribution in [0, 0.1) is 0 Å². The van der Waals surface area contributed by atoms with E-state index in [1.54, 1.807) is 6.20 Å². The largest absolute Gasteiger partial charge is 0.479 e. The van der Waals surface area contributed by atoms with Crippen LogP contribution in [0.4, 0.5) is 14.6 Å². The zero-order valence-electron chi connectivity index (χ0n) is 15.3. The summed E-state index contributed by atoms with van der Waals surface area (Å²) in [6.07, 6.45) is 3.18.